The summed E-state index contributed by atoms with van der Waals surface area (Å²) in [5.41, 5.74) is 1.03. The van der Waals surface area contributed by atoms with Crippen LogP contribution in [0.2, 0.25) is 0 Å². The summed E-state index contributed by atoms with van der Waals surface area (Å²) in [7, 11) is -4.23. The van der Waals surface area contributed by atoms with Gasteiger partial charge < -0.3 is 15.0 Å². The van der Waals surface area contributed by atoms with E-state index in [0.717, 1.165) is 9.87 Å². The number of ether oxygens (including phenoxy) is 1. The van der Waals surface area contributed by atoms with Gasteiger partial charge in [-0.3, -0.25) is 13.9 Å². The number of nitrogens with one attached hydrogen (secondary N) is 1. The van der Waals surface area contributed by atoms with Gasteiger partial charge in [-0.05, 0) is 87.4 Å². The van der Waals surface area contributed by atoms with Crippen molar-refractivity contribution < 1.29 is 27.1 Å². The summed E-state index contributed by atoms with van der Waals surface area (Å²) >= 11 is 0. The van der Waals surface area contributed by atoms with Crippen molar-refractivity contribution in [3.05, 3.63) is 126 Å². The highest BCUT2D eigenvalue weighted by atomic mass is 32.2. The van der Waals surface area contributed by atoms with Gasteiger partial charge in [0, 0.05) is 18.5 Å². The van der Waals surface area contributed by atoms with Crippen molar-refractivity contribution in [2.24, 2.45) is 0 Å². The Bertz CT molecular complexity index is 1690. The second-order valence-corrected chi connectivity index (χ2v) is 13.7. The molecule has 0 spiro atoms. The fourth-order valence-electron chi connectivity index (χ4n) is 4.92. The van der Waals surface area contributed by atoms with Gasteiger partial charge in [-0.25, -0.2) is 12.8 Å². The fourth-order valence-corrected chi connectivity index (χ4v) is 6.35. The van der Waals surface area contributed by atoms with Crippen molar-refractivity contribution in [1.82, 2.24) is 10.2 Å². The van der Waals surface area contributed by atoms with Crippen LogP contribution in [0.1, 0.15) is 38.8 Å². The van der Waals surface area contributed by atoms with Crippen LogP contribution in [0.4, 0.5) is 10.1 Å². The first-order chi connectivity index (χ1) is 21.9. The molecule has 4 aromatic rings. The molecule has 1 atom stereocenters. The molecule has 1 unspecified atom stereocenters. The molecule has 2 amide bonds. The van der Waals surface area contributed by atoms with E-state index in [2.05, 4.69) is 5.32 Å². The highest BCUT2D eigenvalue weighted by molar-refractivity contribution is 7.92. The van der Waals surface area contributed by atoms with E-state index < -0.39 is 45.8 Å². The molecule has 4 aromatic carbocycles. The Morgan fingerprint density at radius 2 is 1.41 bits per heavy atom. The molecule has 0 fully saturated rings. The molecule has 0 bridgehead atoms. The van der Waals surface area contributed by atoms with Crippen molar-refractivity contribution in [1.29, 1.82) is 0 Å². The number of nitrogens with zero attached hydrogens (tertiary/aromatic N) is 2. The number of benzene rings is 4. The SMILES string of the molecule is CCOc1ccc(N(CC(=O)N(Cc2ccc(F)cc2)C(Cc2ccccc2)C(=O)NC(C)(C)C)S(=O)(=O)c2ccccc2)cc1. The molecule has 46 heavy (non-hydrogen) atoms. The lowest BCUT2D eigenvalue weighted by Gasteiger charge is -2.35. The summed E-state index contributed by atoms with van der Waals surface area (Å²) < 4.78 is 48.6. The lowest BCUT2D eigenvalue weighted by atomic mass is 10.0. The van der Waals surface area contributed by atoms with Gasteiger partial charge in [0.05, 0.1) is 17.2 Å². The largest absolute Gasteiger partial charge is 0.494 e. The van der Waals surface area contributed by atoms with Gasteiger partial charge in [-0.15, -0.1) is 0 Å². The summed E-state index contributed by atoms with van der Waals surface area (Å²) in [4.78, 5) is 29.8. The monoisotopic (exact) mass is 645 g/mol. The number of hydrogen-bond acceptors (Lipinski definition) is 5. The first-order valence-corrected chi connectivity index (χ1v) is 16.5. The molecule has 0 saturated heterocycles. The molecule has 0 aromatic heterocycles. The number of halogens is 1. The first kappa shape index (κ1) is 34.2. The summed E-state index contributed by atoms with van der Waals surface area (Å²) in [5.74, 6) is -0.897. The maximum absolute atomic E-state index is 14.5. The van der Waals surface area contributed by atoms with Crippen LogP contribution in [-0.4, -0.2) is 49.9 Å². The average Bonchev–Trinajstić information content (AvgIpc) is 3.03. The quantitative estimate of drug-likeness (QED) is 0.193. The van der Waals surface area contributed by atoms with Crippen molar-refractivity contribution in [2.75, 3.05) is 17.5 Å². The zero-order chi connectivity index (χ0) is 33.3. The summed E-state index contributed by atoms with van der Waals surface area (Å²) in [6, 6.07) is 28.2. The number of amides is 2. The van der Waals surface area contributed by atoms with Crippen LogP contribution in [0.5, 0.6) is 5.75 Å². The third kappa shape index (κ3) is 9.17. The van der Waals surface area contributed by atoms with E-state index in [1.54, 1.807) is 54.6 Å². The maximum Gasteiger partial charge on any atom is 0.264 e. The number of sulfonamides is 1. The molecule has 242 valence electrons. The molecular formula is C36H40FN3O5S. The Balaban J connectivity index is 1.80. The highest BCUT2D eigenvalue weighted by Crippen LogP contribution is 2.27. The number of rotatable bonds is 13. The molecule has 0 aliphatic heterocycles. The fraction of sp³-hybridized carbons (Fsp3) is 0.278. The first-order valence-electron chi connectivity index (χ1n) is 15.1. The number of hydrogen-bond donors (Lipinski definition) is 1. The topological polar surface area (TPSA) is 96.0 Å². The number of carbonyl (C=O) groups excluding carboxylic acids is 2. The number of anilines is 1. The second-order valence-electron chi connectivity index (χ2n) is 11.8. The van der Waals surface area contributed by atoms with Crippen LogP contribution >= 0.6 is 0 Å². The summed E-state index contributed by atoms with van der Waals surface area (Å²) in [6.45, 7) is 7.15. The van der Waals surface area contributed by atoms with Gasteiger partial charge in [0.25, 0.3) is 10.0 Å². The van der Waals surface area contributed by atoms with E-state index in [1.807, 2.05) is 58.0 Å². The van der Waals surface area contributed by atoms with E-state index in [-0.39, 0.29) is 23.5 Å². The van der Waals surface area contributed by atoms with Crippen LogP contribution in [0.3, 0.4) is 0 Å². The zero-order valence-corrected chi connectivity index (χ0v) is 27.3. The third-order valence-electron chi connectivity index (χ3n) is 7.08. The Labute approximate surface area is 270 Å². The average molecular weight is 646 g/mol. The Kier molecular flexibility index (Phi) is 11.2. The molecule has 0 aliphatic carbocycles. The van der Waals surface area contributed by atoms with Crippen LogP contribution in [0, 0.1) is 5.82 Å². The van der Waals surface area contributed by atoms with Gasteiger partial charge in [-0.2, -0.15) is 0 Å². The standard InChI is InChI=1S/C36H40FN3O5S/c1-5-45-31-22-20-30(21-23-31)40(46(43,44)32-14-10-7-11-15-32)26-34(41)39(25-28-16-18-29(37)19-17-28)33(35(42)38-36(2,3)4)24-27-12-8-6-9-13-27/h6-23,33H,5,24-26H2,1-4H3,(H,38,42). The minimum Gasteiger partial charge on any atom is -0.494 e. The minimum absolute atomic E-state index is 0.00748. The van der Waals surface area contributed by atoms with E-state index in [9.17, 15) is 22.4 Å². The molecule has 8 nitrogen and oxygen atoms in total. The highest BCUT2D eigenvalue weighted by Gasteiger charge is 2.35. The van der Waals surface area contributed by atoms with Gasteiger partial charge in [0.15, 0.2) is 0 Å². The summed E-state index contributed by atoms with van der Waals surface area (Å²) in [5, 5.41) is 2.99. The molecule has 10 heteroatoms. The normalized spacial score (nSPS) is 12.2. The van der Waals surface area contributed by atoms with E-state index >= 15 is 0 Å². The predicted molar refractivity (Wildman–Crippen MR) is 177 cm³/mol. The molecule has 1 N–H and O–H groups in total. The van der Waals surface area contributed by atoms with Crippen molar-refractivity contribution >= 4 is 27.5 Å². The molecule has 0 aliphatic rings. The van der Waals surface area contributed by atoms with Crippen molar-refractivity contribution in [3.8, 4) is 5.75 Å². The van der Waals surface area contributed by atoms with Crippen molar-refractivity contribution in [2.45, 2.75) is 57.1 Å². The van der Waals surface area contributed by atoms with E-state index in [1.165, 1.54) is 29.2 Å². The maximum atomic E-state index is 14.5. The van der Waals surface area contributed by atoms with Gasteiger partial charge >= 0.3 is 0 Å². The predicted octanol–water partition coefficient (Wildman–Crippen LogP) is 5.97. The Hall–Kier alpha value is -4.70. The Morgan fingerprint density at radius 3 is 1.98 bits per heavy atom. The van der Waals surface area contributed by atoms with Crippen LogP contribution < -0.4 is 14.4 Å². The molecule has 4 rings (SSSR count). The van der Waals surface area contributed by atoms with Crippen LogP contribution in [0.25, 0.3) is 0 Å². The molecule has 0 heterocycles. The van der Waals surface area contributed by atoms with Crippen molar-refractivity contribution in [3.63, 3.8) is 0 Å². The molecular weight excluding hydrogens is 605 g/mol. The third-order valence-corrected chi connectivity index (χ3v) is 8.87. The smallest absolute Gasteiger partial charge is 0.264 e. The zero-order valence-electron chi connectivity index (χ0n) is 26.5. The summed E-state index contributed by atoms with van der Waals surface area (Å²) in [6.07, 6.45) is 0.171. The van der Waals surface area contributed by atoms with E-state index in [0.29, 0.717) is 17.9 Å². The van der Waals surface area contributed by atoms with E-state index in [4.69, 9.17) is 4.74 Å². The lowest BCUT2D eigenvalue weighted by Crippen LogP contribution is -2.56. The second kappa shape index (κ2) is 15.1. The van der Waals surface area contributed by atoms with Gasteiger partial charge in [0.1, 0.15) is 24.2 Å². The minimum atomic E-state index is -4.23. The Morgan fingerprint density at radius 1 is 0.826 bits per heavy atom. The number of carbonyl (C=O) groups is 2. The molecule has 0 saturated carbocycles. The van der Waals surface area contributed by atoms with Gasteiger partial charge in [-0.1, -0.05) is 60.7 Å². The van der Waals surface area contributed by atoms with Gasteiger partial charge in [0.2, 0.25) is 11.8 Å². The van der Waals surface area contributed by atoms with Crippen LogP contribution in [0.15, 0.2) is 114 Å². The van der Waals surface area contributed by atoms with Crippen LogP contribution in [-0.2, 0) is 32.6 Å². The molecule has 0 radical (unpaired) electrons. The lowest BCUT2D eigenvalue weighted by molar-refractivity contribution is -0.140.